The van der Waals surface area contributed by atoms with Gasteiger partial charge in [0.05, 0.1) is 18.2 Å². The summed E-state index contributed by atoms with van der Waals surface area (Å²) < 4.78 is 0. The van der Waals surface area contributed by atoms with Crippen molar-refractivity contribution in [3.8, 4) is 6.07 Å². The van der Waals surface area contributed by atoms with Gasteiger partial charge in [0.25, 0.3) is 0 Å². The first-order valence-corrected chi connectivity index (χ1v) is 6.30. The highest BCUT2D eigenvalue weighted by Crippen LogP contribution is 2.29. The number of allylic oxidation sites excluding steroid dienone is 4. The molecule has 0 amide bonds. The number of nitriles is 1. The lowest BCUT2D eigenvalue weighted by atomic mass is 10.00. The first kappa shape index (κ1) is 13.2. The average molecular weight is 257 g/mol. The van der Waals surface area contributed by atoms with Gasteiger partial charge >= 0.3 is 0 Å². The SMILES string of the molecule is CC1C=CC2=C(C=C1N=O)N(CCC#N)CCC2=O. The molecule has 0 fully saturated rings. The monoisotopic (exact) mass is 257 g/mol. The second-order valence-electron chi connectivity index (χ2n) is 4.68. The fourth-order valence-electron chi connectivity index (χ4n) is 2.29. The maximum Gasteiger partial charge on any atom is 0.166 e. The van der Waals surface area contributed by atoms with E-state index in [4.69, 9.17) is 5.26 Å². The molecule has 0 spiro atoms. The van der Waals surface area contributed by atoms with E-state index < -0.39 is 0 Å². The number of ketones is 1. The molecule has 1 aliphatic carbocycles. The van der Waals surface area contributed by atoms with Crippen molar-refractivity contribution >= 4 is 5.78 Å². The summed E-state index contributed by atoms with van der Waals surface area (Å²) in [5.74, 6) is -0.0243. The maximum atomic E-state index is 12.0. The fourth-order valence-corrected chi connectivity index (χ4v) is 2.29. The number of rotatable bonds is 3. The Kier molecular flexibility index (Phi) is 3.91. The van der Waals surface area contributed by atoms with E-state index in [1.54, 1.807) is 12.2 Å². The Bertz CT molecular complexity index is 537. The Morgan fingerprint density at radius 1 is 1.58 bits per heavy atom. The molecule has 0 aromatic heterocycles. The highest BCUT2D eigenvalue weighted by Gasteiger charge is 2.26. The van der Waals surface area contributed by atoms with Crippen molar-refractivity contribution in [3.05, 3.63) is 40.1 Å². The average Bonchev–Trinajstić information content (AvgIpc) is 2.58. The van der Waals surface area contributed by atoms with Crippen LogP contribution in [0.4, 0.5) is 0 Å². The Balaban J connectivity index is 2.43. The molecule has 0 radical (unpaired) electrons. The van der Waals surface area contributed by atoms with E-state index in [1.807, 2.05) is 17.9 Å². The third-order valence-electron chi connectivity index (χ3n) is 3.43. The van der Waals surface area contributed by atoms with E-state index in [0.29, 0.717) is 37.2 Å². The van der Waals surface area contributed by atoms with Crippen molar-refractivity contribution in [2.75, 3.05) is 13.1 Å². The number of nitrogens with zero attached hydrogens (tertiary/aromatic N) is 3. The van der Waals surface area contributed by atoms with Crippen LogP contribution in [-0.4, -0.2) is 23.8 Å². The van der Waals surface area contributed by atoms with Crippen LogP contribution in [0, 0.1) is 22.2 Å². The van der Waals surface area contributed by atoms with E-state index in [0.717, 1.165) is 5.70 Å². The molecule has 0 N–H and O–H groups in total. The number of carbonyl (C=O) groups is 1. The molecule has 1 heterocycles. The first-order chi connectivity index (χ1) is 9.17. The van der Waals surface area contributed by atoms with Crippen LogP contribution in [0.15, 0.2) is 40.4 Å². The molecule has 0 bridgehead atoms. The molecule has 5 nitrogen and oxygen atoms in total. The van der Waals surface area contributed by atoms with Crippen LogP contribution in [-0.2, 0) is 4.79 Å². The highest BCUT2D eigenvalue weighted by molar-refractivity contribution is 6.00. The Morgan fingerprint density at radius 2 is 2.37 bits per heavy atom. The molecule has 1 atom stereocenters. The lowest BCUT2D eigenvalue weighted by molar-refractivity contribution is -0.116. The molecule has 1 aliphatic heterocycles. The summed E-state index contributed by atoms with van der Waals surface area (Å²) in [4.78, 5) is 24.8. The Labute approximate surface area is 111 Å². The van der Waals surface area contributed by atoms with Crippen molar-refractivity contribution in [2.45, 2.75) is 19.8 Å². The normalized spacial score (nSPS) is 22.5. The molecule has 1 unspecified atom stereocenters. The summed E-state index contributed by atoms with van der Waals surface area (Å²) in [5, 5.41) is 11.7. The molecule has 2 aliphatic rings. The Morgan fingerprint density at radius 3 is 3.05 bits per heavy atom. The van der Waals surface area contributed by atoms with Gasteiger partial charge in [0.15, 0.2) is 5.78 Å². The lowest BCUT2D eigenvalue weighted by Crippen LogP contribution is -2.32. The van der Waals surface area contributed by atoms with Crippen molar-refractivity contribution in [2.24, 2.45) is 11.1 Å². The van der Waals surface area contributed by atoms with Gasteiger partial charge in [-0.3, -0.25) is 4.79 Å². The van der Waals surface area contributed by atoms with E-state index in [-0.39, 0.29) is 11.7 Å². The highest BCUT2D eigenvalue weighted by atomic mass is 16.3. The number of carbonyl (C=O) groups excluding carboxylic acids is 1. The number of nitroso groups, excluding NO2 is 1. The summed E-state index contributed by atoms with van der Waals surface area (Å²) in [6, 6.07) is 2.10. The van der Waals surface area contributed by atoms with Gasteiger partial charge in [-0.25, -0.2) is 0 Å². The van der Waals surface area contributed by atoms with Crippen molar-refractivity contribution in [1.82, 2.24) is 4.90 Å². The topological polar surface area (TPSA) is 73.5 Å². The van der Waals surface area contributed by atoms with Gasteiger partial charge in [0.2, 0.25) is 0 Å². The summed E-state index contributed by atoms with van der Waals surface area (Å²) in [6.45, 7) is 3.02. The van der Waals surface area contributed by atoms with Crippen LogP contribution in [0.3, 0.4) is 0 Å². The zero-order valence-electron chi connectivity index (χ0n) is 10.8. The zero-order chi connectivity index (χ0) is 13.8. The summed E-state index contributed by atoms with van der Waals surface area (Å²) in [6.07, 6.45) is 6.11. The summed E-state index contributed by atoms with van der Waals surface area (Å²) in [7, 11) is 0. The van der Waals surface area contributed by atoms with Gasteiger partial charge in [-0.15, -0.1) is 4.91 Å². The van der Waals surface area contributed by atoms with Gasteiger partial charge in [-0.05, 0) is 11.3 Å². The minimum absolute atomic E-state index is 0.0788. The van der Waals surface area contributed by atoms with Crippen LogP contribution >= 0.6 is 0 Å². The molecule has 0 aromatic carbocycles. The smallest absolute Gasteiger partial charge is 0.166 e. The third kappa shape index (κ3) is 2.63. The van der Waals surface area contributed by atoms with Crippen LogP contribution in [0.5, 0.6) is 0 Å². The van der Waals surface area contributed by atoms with Gasteiger partial charge in [0.1, 0.15) is 0 Å². The number of hydrogen-bond acceptors (Lipinski definition) is 5. The maximum absolute atomic E-state index is 12.0. The fraction of sp³-hybridized carbons (Fsp3) is 0.429. The zero-order valence-corrected chi connectivity index (χ0v) is 10.8. The molecule has 0 saturated carbocycles. The molecule has 5 heteroatoms. The molecular formula is C14H15N3O2. The van der Waals surface area contributed by atoms with E-state index in [1.165, 1.54) is 0 Å². The summed E-state index contributed by atoms with van der Waals surface area (Å²) in [5.41, 5.74) is 1.76. The molecular weight excluding hydrogens is 242 g/mol. The second-order valence-corrected chi connectivity index (χ2v) is 4.68. The van der Waals surface area contributed by atoms with Crippen LogP contribution < -0.4 is 0 Å². The number of hydrogen-bond donors (Lipinski definition) is 0. The van der Waals surface area contributed by atoms with Gasteiger partial charge in [-0.1, -0.05) is 19.1 Å². The van der Waals surface area contributed by atoms with Gasteiger partial charge in [-0.2, -0.15) is 5.26 Å². The van der Waals surface area contributed by atoms with Crippen molar-refractivity contribution in [1.29, 1.82) is 5.26 Å². The first-order valence-electron chi connectivity index (χ1n) is 6.30. The van der Waals surface area contributed by atoms with Gasteiger partial charge in [0, 0.05) is 36.7 Å². The molecule has 19 heavy (non-hydrogen) atoms. The molecule has 2 rings (SSSR count). The molecule has 0 aromatic rings. The van der Waals surface area contributed by atoms with Crippen molar-refractivity contribution in [3.63, 3.8) is 0 Å². The van der Waals surface area contributed by atoms with E-state index in [9.17, 15) is 9.70 Å². The summed E-state index contributed by atoms with van der Waals surface area (Å²) >= 11 is 0. The van der Waals surface area contributed by atoms with Crippen LogP contribution in [0.25, 0.3) is 0 Å². The minimum atomic E-state index is -0.103. The number of Topliss-reactive ketones (excluding diaryl/α,β-unsaturated/α-hetero) is 1. The van der Waals surface area contributed by atoms with E-state index in [2.05, 4.69) is 11.2 Å². The van der Waals surface area contributed by atoms with Crippen LogP contribution in [0.2, 0.25) is 0 Å². The van der Waals surface area contributed by atoms with E-state index >= 15 is 0 Å². The largest absolute Gasteiger partial charge is 0.369 e. The second kappa shape index (κ2) is 5.61. The minimum Gasteiger partial charge on any atom is -0.369 e. The van der Waals surface area contributed by atoms with Crippen molar-refractivity contribution < 1.29 is 4.79 Å². The predicted octanol–water partition coefficient (Wildman–Crippen LogP) is 2.29. The lowest BCUT2D eigenvalue weighted by Gasteiger charge is -2.30. The molecule has 0 saturated heterocycles. The predicted molar refractivity (Wildman–Crippen MR) is 70.6 cm³/mol. The van der Waals surface area contributed by atoms with Crippen LogP contribution in [0.1, 0.15) is 19.8 Å². The standard InChI is InChI=1S/C14H15N3O2/c1-10-3-4-11-13(9-12(10)16-19)17(7-2-6-15)8-5-14(11)18/h3-4,9-10H,2,5,7-8H2,1H3. The van der Waals surface area contributed by atoms with Gasteiger partial charge < -0.3 is 4.90 Å². The third-order valence-corrected chi connectivity index (χ3v) is 3.43. The Hall–Kier alpha value is -2.22. The quantitative estimate of drug-likeness (QED) is 0.727. The molecule has 98 valence electrons.